The van der Waals surface area contributed by atoms with Gasteiger partial charge in [0, 0.05) is 23.8 Å². The summed E-state index contributed by atoms with van der Waals surface area (Å²) in [5, 5.41) is 20.8. The van der Waals surface area contributed by atoms with Crippen molar-refractivity contribution < 1.29 is 0 Å². The molecule has 0 unspecified atom stereocenters. The van der Waals surface area contributed by atoms with Crippen LogP contribution < -0.4 is 0 Å². The second-order valence-electron chi connectivity index (χ2n) is 5.65. The molecule has 104 valence electrons. The monoisotopic (exact) mass is 277 g/mol. The van der Waals surface area contributed by atoms with Crippen molar-refractivity contribution >= 4 is 10.9 Å². The van der Waals surface area contributed by atoms with E-state index in [2.05, 4.69) is 50.4 Å². The van der Waals surface area contributed by atoms with Crippen LogP contribution in [-0.4, -0.2) is 20.0 Å². The minimum absolute atomic E-state index is 0.338. The van der Waals surface area contributed by atoms with E-state index in [1.807, 2.05) is 6.07 Å². The van der Waals surface area contributed by atoms with Crippen molar-refractivity contribution in [3.05, 3.63) is 36.2 Å². The van der Waals surface area contributed by atoms with Gasteiger partial charge in [-0.1, -0.05) is 25.0 Å². The van der Waals surface area contributed by atoms with Crippen molar-refractivity contribution in [2.75, 3.05) is 0 Å². The molecule has 2 heterocycles. The van der Waals surface area contributed by atoms with Crippen LogP contribution in [0.4, 0.5) is 0 Å². The highest BCUT2D eigenvalue weighted by Crippen LogP contribution is 2.33. The molecule has 0 amide bonds. The Morgan fingerprint density at radius 3 is 3.00 bits per heavy atom. The summed E-state index contributed by atoms with van der Waals surface area (Å²) >= 11 is 0. The lowest BCUT2D eigenvalue weighted by atomic mass is 10.1. The van der Waals surface area contributed by atoms with Gasteiger partial charge in [0.2, 0.25) is 0 Å². The van der Waals surface area contributed by atoms with E-state index in [0.717, 1.165) is 18.0 Å². The number of nitrogens with zero attached hydrogens (tertiary/aromatic N) is 4. The van der Waals surface area contributed by atoms with E-state index in [-0.39, 0.29) is 0 Å². The fourth-order valence-corrected chi connectivity index (χ4v) is 2.76. The molecule has 1 aliphatic rings. The molecule has 0 radical (unpaired) electrons. The first-order valence-corrected chi connectivity index (χ1v) is 7.25. The van der Waals surface area contributed by atoms with Gasteiger partial charge >= 0.3 is 0 Å². The third kappa shape index (κ3) is 2.19. The molecule has 1 aliphatic carbocycles. The number of nitrogens with one attached hydrogen (secondary N) is 1. The maximum absolute atomic E-state index is 9.07. The van der Waals surface area contributed by atoms with Crippen molar-refractivity contribution in [3.8, 4) is 17.3 Å². The number of aromatic nitrogens is 4. The number of H-pyrrole nitrogens is 1. The van der Waals surface area contributed by atoms with Crippen molar-refractivity contribution in [1.82, 2.24) is 20.0 Å². The molecule has 1 aromatic carbocycles. The number of aromatic amines is 1. The molecule has 0 aliphatic heterocycles. The number of hydrogen-bond donors (Lipinski definition) is 1. The minimum Gasteiger partial charge on any atom is -0.347 e. The quantitative estimate of drug-likeness (QED) is 0.796. The molecule has 5 heteroatoms. The van der Waals surface area contributed by atoms with Crippen LogP contribution in [0, 0.1) is 17.2 Å². The molecule has 0 bridgehead atoms. The third-order valence-electron chi connectivity index (χ3n) is 4.18. The van der Waals surface area contributed by atoms with E-state index in [0.29, 0.717) is 11.4 Å². The fraction of sp³-hybridized carbons (Fsp3) is 0.312. The van der Waals surface area contributed by atoms with Gasteiger partial charge in [0.25, 0.3) is 0 Å². The molecule has 4 rings (SSSR count). The van der Waals surface area contributed by atoms with Gasteiger partial charge in [-0.25, -0.2) is 0 Å². The zero-order chi connectivity index (χ0) is 14.2. The first-order valence-electron chi connectivity index (χ1n) is 7.25. The number of aryl methyl sites for hydroxylation is 1. The highest BCUT2D eigenvalue weighted by Gasteiger charge is 2.20. The van der Waals surface area contributed by atoms with E-state index in [1.54, 1.807) is 0 Å². The molecule has 3 aromatic rings. The van der Waals surface area contributed by atoms with Gasteiger partial charge in [-0.05, 0) is 29.9 Å². The van der Waals surface area contributed by atoms with Crippen molar-refractivity contribution in [2.24, 2.45) is 5.92 Å². The van der Waals surface area contributed by atoms with E-state index < -0.39 is 0 Å². The van der Waals surface area contributed by atoms with Crippen LogP contribution in [0.2, 0.25) is 0 Å². The summed E-state index contributed by atoms with van der Waals surface area (Å²) < 4.78 is 2.29. The first kappa shape index (κ1) is 12.2. The summed E-state index contributed by atoms with van der Waals surface area (Å²) in [5.41, 5.74) is 3.08. The molecule has 1 N–H and O–H groups in total. The Balaban J connectivity index is 1.74. The van der Waals surface area contributed by atoms with Crippen LogP contribution in [0.3, 0.4) is 0 Å². The van der Waals surface area contributed by atoms with Crippen molar-refractivity contribution in [1.29, 1.82) is 5.26 Å². The molecule has 1 saturated carbocycles. The SMILES string of the molecule is N#Cc1n[nH]nc1-c1ccc2ccn(CCC3CC3)c2c1. The predicted molar refractivity (Wildman–Crippen MR) is 79.4 cm³/mol. The molecule has 5 nitrogen and oxygen atoms in total. The normalized spacial score (nSPS) is 14.4. The van der Waals surface area contributed by atoms with Crippen LogP contribution in [0.5, 0.6) is 0 Å². The predicted octanol–water partition coefficient (Wildman–Crippen LogP) is 3.10. The van der Waals surface area contributed by atoms with Gasteiger partial charge in [-0.3, -0.25) is 0 Å². The molecular weight excluding hydrogens is 262 g/mol. The van der Waals surface area contributed by atoms with Gasteiger partial charge < -0.3 is 4.57 Å². The average Bonchev–Trinajstić information content (AvgIpc) is 3.08. The smallest absolute Gasteiger partial charge is 0.190 e. The Morgan fingerprint density at radius 1 is 1.29 bits per heavy atom. The Hall–Kier alpha value is -2.61. The topological polar surface area (TPSA) is 70.3 Å². The van der Waals surface area contributed by atoms with Crippen LogP contribution in [0.15, 0.2) is 30.5 Å². The van der Waals surface area contributed by atoms with Crippen molar-refractivity contribution in [3.63, 3.8) is 0 Å². The second-order valence-corrected chi connectivity index (χ2v) is 5.65. The Bertz CT molecular complexity index is 832. The summed E-state index contributed by atoms with van der Waals surface area (Å²) in [6, 6.07) is 10.4. The van der Waals surface area contributed by atoms with E-state index in [9.17, 15) is 0 Å². The molecule has 21 heavy (non-hydrogen) atoms. The first-order chi connectivity index (χ1) is 10.3. The van der Waals surface area contributed by atoms with Gasteiger partial charge in [0.1, 0.15) is 11.8 Å². The highest BCUT2D eigenvalue weighted by atomic mass is 15.3. The van der Waals surface area contributed by atoms with E-state index in [4.69, 9.17) is 5.26 Å². The van der Waals surface area contributed by atoms with Gasteiger partial charge in [0.15, 0.2) is 5.69 Å². The van der Waals surface area contributed by atoms with Crippen molar-refractivity contribution in [2.45, 2.75) is 25.8 Å². The summed E-state index contributed by atoms with van der Waals surface area (Å²) in [6.45, 7) is 1.06. The van der Waals surface area contributed by atoms with E-state index in [1.165, 1.54) is 30.2 Å². The molecule has 0 spiro atoms. The summed E-state index contributed by atoms with van der Waals surface area (Å²) in [5.74, 6) is 0.923. The summed E-state index contributed by atoms with van der Waals surface area (Å²) in [4.78, 5) is 0. The zero-order valence-electron chi connectivity index (χ0n) is 11.6. The van der Waals surface area contributed by atoms with Gasteiger partial charge in [0.05, 0.1) is 0 Å². The van der Waals surface area contributed by atoms with Crippen LogP contribution in [0.25, 0.3) is 22.2 Å². The molecule has 2 aromatic heterocycles. The highest BCUT2D eigenvalue weighted by molar-refractivity contribution is 5.85. The van der Waals surface area contributed by atoms with Crippen LogP contribution in [0.1, 0.15) is 25.0 Å². The Kier molecular flexibility index (Phi) is 2.74. The van der Waals surface area contributed by atoms with Crippen LogP contribution >= 0.6 is 0 Å². The zero-order valence-corrected chi connectivity index (χ0v) is 11.6. The lowest BCUT2D eigenvalue weighted by molar-refractivity contribution is 0.611. The summed E-state index contributed by atoms with van der Waals surface area (Å²) in [7, 11) is 0. The maximum Gasteiger partial charge on any atom is 0.190 e. The number of hydrogen-bond acceptors (Lipinski definition) is 3. The standard InChI is InChI=1S/C16H15N5/c17-10-14-16(19-20-18-14)13-4-3-12-6-8-21(15(12)9-13)7-5-11-1-2-11/h3-4,6,8-9,11H,1-2,5,7H2,(H,18,19,20). The largest absolute Gasteiger partial charge is 0.347 e. The molecule has 0 atom stereocenters. The Morgan fingerprint density at radius 2 is 2.19 bits per heavy atom. The lowest BCUT2D eigenvalue weighted by Crippen LogP contribution is -1.97. The fourth-order valence-electron chi connectivity index (χ4n) is 2.76. The van der Waals surface area contributed by atoms with E-state index >= 15 is 0 Å². The molecular formula is C16H15N5. The summed E-state index contributed by atoms with van der Waals surface area (Å²) in [6.07, 6.45) is 6.16. The van der Waals surface area contributed by atoms with Gasteiger partial charge in [-0.15, -0.1) is 5.10 Å². The van der Waals surface area contributed by atoms with Gasteiger partial charge in [-0.2, -0.15) is 15.6 Å². The minimum atomic E-state index is 0.338. The third-order valence-corrected chi connectivity index (χ3v) is 4.18. The second kappa shape index (κ2) is 4.74. The number of rotatable bonds is 4. The lowest BCUT2D eigenvalue weighted by Gasteiger charge is -2.06. The Labute approximate surface area is 122 Å². The number of benzene rings is 1. The number of nitriles is 1. The maximum atomic E-state index is 9.07. The van der Waals surface area contributed by atoms with Crippen LogP contribution in [-0.2, 0) is 6.54 Å². The average molecular weight is 277 g/mol. The molecule has 0 saturated heterocycles. The number of fused-ring (bicyclic) bond motifs is 1. The molecule has 1 fully saturated rings.